The predicted octanol–water partition coefficient (Wildman–Crippen LogP) is 4.29. The van der Waals surface area contributed by atoms with Gasteiger partial charge in [0.25, 0.3) is 5.56 Å². The van der Waals surface area contributed by atoms with E-state index in [0.717, 1.165) is 57.5 Å². The van der Waals surface area contributed by atoms with E-state index < -0.39 is 0 Å². The Balaban J connectivity index is 1.16. The van der Waals surface area contributed by atoms with Gasteiger partial charge in [-0.05, 0) is 42.8 Å². The van der Waals surface area contributed by atoms with Crippen LogP contribution in [-0.2, 0) is 11.8 Å². The van der Waals surface area contributed by atoms with Gasteiger partial charge in [0, 0.05) is 68.0 Å². The summed E-state index contributed by atoms with van der Waals surface area (Å²) in [7, 11) is 3.62. The Labute approximate surface area is 226 Å². The molecule has 1 saturated heterocycles. The van der Waals surface area contributed by atoms with Crippen molar-refractivity contribution in [3.63, 3.8) is 0 Å². The molecule has 1 aliphatic rings. The number of pyridine rings is 2. The summed E-state index contributed by atoms with van der Waals surface area (Å²) in [6, 6.07) is 20.1. The summed E-state index contributed by atoms with van der Waals surface area (Å²) in [6.07, 6.45) is 3.68. The third-order valence-electron chi connectivity index (χ3n) is 7.70. The average molecular weight is 522 g/mol. The standard InChI is InChI=1S/C31H31N5O3/c1-20-30(37)34(2)14-15-36(20)16-17-39-24-9-11-28-23(18-24)8-10-27(33-28)22-6-4-21(5-7-22)26-19-35(3)31(38)29-25(26)12-13-32-29/h4-13,18-20,32H,14-17H2,1-3H3/t20-/m1/s1. The summed E-state index contributed by atoms with van der Waals surface area (Å²) >= 11 is 0. The molecule has 8 nitrogen and oxygen atoms in total. The highest BCUT2D eigenvalue weighted by molar-refractivity contribution is 5.94. The fourth-order valence-electron chi connectivity index (χ4n) is 5.32. The van der Waals surface area contributed by atoms with Crippen molar-refractivity contribution < 1.29 is 9.53 Å². The molecular weight excluding hydrogens is 490 g/mol. The van der Waals surface area contributed by atoms with Crippen molar-refractivity contribution in [1.29, 1.82) is 0 Å². The molecule has 0 radical (unpaired) electrons. The highest BCUT2D eigenvalue weighted by atomic mass is 16.5. The highest BCUT2D eigenvalue weighted by Crippen LogP contribution is 2.29. The molecule has 5 aromatic rings. The summed E-state index contributed by atoms with van der Waals surface area (Å²) in [4.78, 5) is 36.5. The number of nitrogens with zero attached hydrogens (tertiary/aromatic N) is 4. The fraction of sp³-hybridized carbons (Fsp3) is 0.258. The number of aryl methyl sites for hydroxylation is 1. The summed E-state index contributed by atoms with van der Waals surface area (Å²) in [5.41, 5.74) is 5.43. The van der Waals surface area contributed by atoms with Crippen LogP contribution < -0.4 is 10.3 Å². The van der Waals surface area contributed by atoms with Gasteiger partial charge in [0.2, 0.25) is 5.91 Å². The number of aromatic amines is 1. The molecule has 8 heteroatoms. The van der Waals surface area contributed by atoms with E-state index in [0.29, 0.717) is 18.7 Å². The van der Waals surface area contributed by atoms with E-state index >= 15 is 0 Å². The fourth-order valence-corrected chi connectivity index (χ4v) is 5.32. The first kappa shape index (κ1) is 24.9. The number of rotatable bonds is 6. The number of amides is 1. The van der Waals surface area contributed by atoms with Crippen LogP contribution in [0.2, 0.25) is 0 Å². The minimum Gasteiger partial charge on any atom is -0.492 e. The largest absolute Gasteiger partial charge is 0.492 e. The van der Waals surface area contributed by atoms with Gasteiger partial charge in [-0.2, -0.15) is 0 Å². The molecule has 1 aliphatic heterocycles. The second kappa shape index (κ2) is 10.0. The number of hydrogen-bond acceptors (Lipinski definition) is 5. The topological polar surface area (TPSA) is 83.5 Å². The molecule has 4 heterocycles. The molecule has 3 aromatic heterocycles. The zero-order valence-corrected chi connectivity index (χ0v) is 22.3. The molecule has 2 aromatic carbocycles. The maximum Gasteiger partial charge on any atom is 0.274 e. The first-order valence-electron chi connectivity index (χ1n) is 13.2. The van der Waals surface area contributed by atoms with Crippen molar-refractivity contribution in [2.45, 2.75) is 13.0 Å². The maximum atomic E-state index is 12.4. The lowest BCUT2D eigenvalue weighted by Gasteiger charge is -2.37. The van der Waals surface area contributed by atoms with E-state index in [1.54, 1.807) is 22.7 Å². The number of benzene rings is 2. The van der Waals surface area contributed by atoms with Crippen LogP contribution in [0.1, 0.15) is 6.92 Å². The Morgan fingerprint density at radius 2 is 1.77 bits per heavy atom. The number of likely N-dealkylation sites (N-methyl/N-ethyl adjacent to an activating group) is 1. The van der Waals surface area contributed by atoms with Crippen LogP contribution in [-0.4, -0.2) is 69.6 Å². The molecule has 1 N–H and O–H groups in total. The van der Waals surface area contributed by atoms with Gasteiger partial charge in [-0.25, -0.2) is 4.98 Å². The molecule has 0 bridgehead atoms. The van der Waals surface area contributed by atoms with Crippen LogP contribution in [0.4, 0.5) is 0 Å². The van der Waals surface area contributed by atoms with Crippen LogP contribution >= 0.6 is 0 Å². The Morgan fingerprint density at radius 1 is 0.974 bits per heavy atom. The number of carbonyl (C=O) groups is 1. The van der Waals surface area contributed by atoms with E-state index in [2.05, 4.69) is 40.2 Å². The van der Waals surface area contributed by atoms with Crippen molar-refractivity contribution in [3.8, 4) is 28.1 Å². The Bertz CT molecular complexity index is 1740. The van der Waals surface area contributed by atoms with E-state index in [1.807, 2.05) is 50.5 Å². The number of H-pyrrole nitrogens is 1. The second-order valence-electron chi connectivity index (χ2n) is 10.2. The summed E-state index contributed by atoms with van der Waals surface area (Å²) in [5.74, 6) is 0.955. The molecule has 1 atom stereocenters. The van der Waals surface area contributed by atoms with Gasteiger partial charge in [-0.3, -0.25) is 14.5 Å². The molecular formula is C31H31N5O3. The molecule has 198 valence electrons. The Morgan fingerprint density at radius 3 is 2.59 bits per heavy atom. The predicted molar refractivity (Wildman–Crippen MR) is 154 cm³/mol. The highest BCUT2D eigenvalue weighted by Gasteiger charge is 2.28. The van der Waals surface area contributed by atoms with Crippen molar-refractivity contribution in [2.24, 2.45) is 7.05 Å². The van der Waals surface area contributed by atoms with Gasteiger partial charge in [-0.1, -0.05) is 30.3 Å². The molecule has 1 fully saturated rings. The lowest BCUT2D eigenvalue weighted by atomic mass is 10.0. The summed E-state index contributed by atoms with van der Waals surface area (Å²) in [5, 5.41) is 1.93. The second-order valence-corrected chi connectivity index (χ2v) is 10.2. The number of nitrogens with one attached hydrogen (secondary N) is 1. The van der Waals surface area contributed by atoms with Crippen molar-refractivity contribution in [3.05, 3.63) is 83.4 Å². The zero-order chi connectivity index (χ0) is 27.1. The Hall–Kier alpha value is -4.43. The molecule has 39 heavy (non-hydrogen) atoms. The lowest BCUT2D eigenvalue weighted by molar-refractivity contribution is -0.139. The van der Waals surface area contributed by atoms with Gasteiger partial charge in [0.05, 0.1) is 17.3 Å². The number of fused-ring (bicyclic) bond motifs is 2. The van der Waals surface area contributed by atoms with Crippen LogP contribution in [0.3, 0.4) is 0 Å². The number of aromatic nitrogens is 3. The minimum absolute atomic E-state index is 0.0367. The van der Waals surface area contributed by atoms with Gasteiger partial charge in [-0.15, -0.1) is 0 Å². The smallest absolute Gasteiger partial charge is 0.274 e. The summed E-state index contributed by atoms with van der Waals surface area (Å²) in [6.45, 7) is 4.80. The van der Waals surface area contributed by atoms with Crippen LogP contribution in [0.15, 0.2) is 77.9 Å². The van der Waals surface area contributed by atoms with Crippen LogP contribution in [0, 0.1) is 0 Å². The summed E-state index contributed by atoms with van der Waals surface area (Å²) < 4.78 is 7.63. The monoisotopic (exact) mass is 521 g/mol. The van der Waals surface area contributed by atoms with Crippen LogP contribution in [0.25, 0.3) is 44.2 Å². The number of piperazine rings is 1. The van der Waals surface area contributed by atoms with Gasteiger partial charge in [0.15, 0.2) is 0 Å². The normalized spacial score (nSPS) is 16.3. The molecule has 0 unspecified atom stereocenters. The minimum atomic E-state index is -0.114. The van der Waals surface area contributed by atoms with E-state index in [4.69, 9.17) is 9.72 Å². The Kier molecular flexibility index (Phi) is 6.40. The quantitative estimate of drug-likeness (QED) is 0.361. The maximum absolute atomic E-state index is 12.4. The number of carbonyl (C=O) groups excluding carboxylic acids is 1. The lowest BCUT2D eigenvalue weighted by Crippen LogP contribution is -2.55. The molecule has 6 rings (SSSR count). The first-order valence-corrected chi connectivity index (χ1v) is 13.2. The van der Waals surface area contributed by atoms with Gasteiger partial charge < -0.3 is 19.2 Å². The first-order chi connectivity index (χ1) is 18.9. The SMILES string of the molecule is C[C@@H]1C(=O)N(C)CCN1CCOc1ccc2nc(-c3ccc(-c4cn(C)c(=O)c5[nH]ccc45)cc3)ccc2c1. The van der Waals surface area contributed by atoms with Crippen molar-refractivity contribution in [2.75, 3.05) is 33.3 Å². The number of hydrogen-bond donors (Lipinski definition) is 1. The van der Waals surface area contributed by atoms with E-state index in [1.165, 1.54) is 0 Å². The van der Waals surface area contributed by atoms with Gasteiger partial charge >= 0.3 is 0 Å². The van der Waals surface area contributed by atoms with Gasteiger partial charge in [0.1, 0.15) is 17.9 Å². The molecule has 1 amide bonds. The molecule has 0 spiro atoms. The average Bonchev–Trinajstić information content (AvgIpc) is 3.45. The molecule has 0 saturated carbocycles. The van der Waals surface area contributed by atoms with E-state index in [9.17, 15) is 9.59 Å². The van der Waals surface area contributed by atoms with E-state index in [-0.39, 0.29) is 17.5 Å². The zero-order valence-electron chi connectivity index (χ0n) is 22.3. The third kappa shape index (κ3) is 4.68. The number of ether oxygens (including phenoxy) is 1. The van der Waals surface area contributed by atoms with Crippen molar-refractivity contribution in [1.82, 2.24) is 24.3 Å². The van der Waals surface area contributed by atoms with Crippen molar-refractivity contribution >= 4 is 27.7 Å². The molecule has 0 aliphatic carbocycles. The van der Waals surface area contributed by atoms with Crippen LogP contribution in [0.5, 0.6) is 5.75 Å². The third-order valence-corrected chi connectivity index (χ3v) is 7.70.